The number of nitrogens with two attached hydrogens (primary N) is 1. The van der Waals surface area contributed by atoms with Crippen LogP contribution in [0.2, 0.25) is 0 Å². The van der Waals surface area contributed by atoms with E-state index < -0.39 is 11.5 Å². The monoisotopic (exact) mass is 264 g/mol. The molecule has 1 aromatic carbocycles. The quantitative estimate of drug-likeness (QED) is 0.825. The van der Waals surface area contributed by atoms with Crippen molar-refractivity contribution in [3.63, 3.8) is 0 Å². The van der Waals surface area contributed by atoms with Gasteiger partial charge in [-0.3, -0.25) is 4.90 Å². The summed E-state index contributed by atoms with van der Waals surface area (Å²) in [5.74, 6) is -1.00. The van der Waals surface area contributed by atoms with Crippen LogP contribution in [0, 0.1) is 0 Å². The normalized spacial score (nSPS) is 15.3. The molecule has 4 nitrogen and oxygen atoms in total. The van der Waals surface area contributed by atoms with Crippen molar-refractivity contribution in [2.24, 2.45) is 5.73 Å². The van der Waals surface area contributed by atoms with Crippen molar-refractivity contribution in [3.8, 4) is 0 Å². The highest BCUT2D eigenvalue weighted by atomic mass is 16.4. The van der Waals surface area contributed by atoms with Gasteiger partial charge in [0.15, 0.2) is 5.54 Å². The van der Waals surface area contributed by atoms with E-state index in [0.29, 0.717) is 5.56 Å². The van der Waals surface area contributed by atoms with Crippen LogP contribution in [0.5, 0.6) is 0 Å². The molecule has 106 valence electrons. The predicted octanol–water partition coefficient (Wildman–Crippen LogP) is 2.05. The number of carboxylic acid groups (broad SMARTS) is 1. The Labute approximate surface area is 115 Å². The van der Waals surface area contributed by atoms with Crippen molar-refractivity contribution in [1.29, 1.82) is 0 Å². The Morgan fingerprint density at radius 2 is 1.84 bits per heavy atom. The lowest BCUT2D eigenvalue weighted by molar-refractivity contribution is -0.145. The Balaban J connectivity index is 3.06. The van der Waals surface area contributed by atoms with Crippen LogP contribution < -0.4 is 5.73 Å². The molecule has 0 saturated heterocycles. The third-order valence-electron chi connectivity index (χ3n) is 4.06. The molecule has 0 radical (unpaired) electrons. The Kier molecular flexibility index (Phi) is 4.71. The minimum Gasteiger partial charge on any atom is -0.480 e. The molecule has 0 aliphatic rings. The van der Waals surface area contributed by atoms with Crippen molar-refractivity contribution in [2.75, 3.05) is 13.6 Å². The first-order valence-corrected chi connectivity index (χ1v) is 6.53. The van der Waals surface area contributed by atoms with E-state index >= 15 is 0 Å². The van der Waals surface area contributed by atoms with E-state index in [9.17, 15) is 9.90 Å². The number of carbonyl (C=O) groups is 1. The number of nitrogens with zero attached hydrogens (tertiary/aromatic N) is 1. The van der Waals surface area contributed by atoms with Gasteiger partial charge in [-0.2, -0.15) is 0 Å². The molecule has 0 fully saturated rings. The summed E-state index contributed by atoms with van der Waals surface area (Å²) >= 11 is 0. The van der Waals surface area contributed by atoms with Crippen LogP contribution in [-0.4, -0.2) is 35.1 Å². The van der Waals surface area contributed by atoms with Gasteiger partial charge in [-0.15, -0.1) is 0 Å². The first kappa shape index (κ1) is 15.7. The highest BCUT2D eigenvalue weighted by Gasteiger charge is 2.39. The van der Waals surface area contributed by atoms with E-state index in [1.54, 1.807) is 12.1 Å². The van der Waals surface area contributed by atoms with Gasteiger partial charge in [0.25, 0.3) is 0 Å². The van der Waals surface area contributed by atoms with Gasteiger partial charge in [-0.25, -0.2) is 4.79 Å². The largest absolute Gasteiger partial charge is 0.480 e. The maximum atomic E-state index is 11.6. The summed E-state index contributed by atoms with van der Waals surface area (Å²) < 4.78 is 0. The summed E-state index contributed by atoms with van der Waals surface area (Å²) in [4.78, 5) is 13.6. The zero-order valence-electron chi connectivity index (χ0n) is 12.2. The van der Waals surface area contributed by atoms with Crippen LogP contribution in [0.25, 0.3) is 0 Å². The van der Waals surface area contributed by atoms with E-state index in [1.165, 1.54) is 0 Å². The molecule has 0 amide bonds. The molecule has 4 heteroatoms. The highest BCUT2D eigenvalue weighted by molar-refractivity contribution is 5.80. The number of aliphatic carboxylic acids is 1. The van der Waals surface area contributed by atoms with Crippen LogP contribution in [-0.2, 0) is 10.3 Å². The summed E-state index contributed by atoms with van der Waals surface area (Å²) in [6.07, 6.45) is 0.925. The molecule has 0 spiro atoms. The minimum atomic E-state index is -1.39. The van der Waals surface area contributed by atoms with E-state index in [4.69, 9.17) is 5.73 Å². The fraction of sp³-hybridized carbons (Fsp3) is 0.533. The van der Waals surface area contributed by atoms with Crippen molar-refractivity contribution in [1.82, 2.24) is 4.90 Å². The number of hydrogen-bond acceptors (Lipinski definition) is 3. The zero-order valence-corrected chi connectivity index (χ0v) is 12.2. The second-order valence-electron chi connectivity index (χ2n) is 5.66. The summed E-state index contributed by atoms with van der Waals surface area (Å²) in [5.41, 5.74) is 5.32. The van der Waals surface area contributed by atoms with Gasteiger partial charge in [0, 0.05) is 12.1 Å². The third-order valence-corrected chi connectivity index (χ3v) is 4.06. The molecule has 0 aliphatic carbocycles. The van der Waals surface area contributed by atoms with Gasteiger partial charge < -0.3 is 10.8 Å². The van der Waals surface area contributed by atoms with Gasteiger partial charge in [0.05, 0.1) is 0 Å². The summed E-state index contributed by atoms with van der Waals surface area (Å²) in [6, 6.07) is 9.00. The molecule has 1 rings (SSSR count). The average Bonchev–Trinajstić information content (AvgIpc) is 2.39. The lowest BCUT2D eigenvalue weighted by atomic mass is 9.88. The highest BCUT2D eigenvalue weighted by Crippen LogP contribution is 2.24. The number of carboxylic acids is 1. The third kappa shape index (κ3) is 3.33. The Hall–Kier alpha value is -1.39. The van der Waals surface area contributed by atoms with Crippen LogP contribution in [0.3, 0.4) is 0 Å². The Morgan fingerprint density at radius 3 is 2.26 bits per heavy atom. The number of rotatable bonds is 6. The summed E-state index contributed by atoms with van der Waals surface area (Å²) in [5, 5.41) is 9.52. The molecular weight excluding hydrogens is 240 g/mol. The number of hydrogen-bond donors (Lipinski definition) is 2. The maximum absolute atomic E-state index is 11.6. The molecule has 0 aromatic heterocycles. The average molecular weight is 264 g/mol. The van der Waals surface area contributed by atoms with E-state index in [2.05, 4.69) is 20.8 Å². The number of benzene rings is 1. The first-order valence-electron chi connectivity index (χ1n) is 6.53. The van der Waals surface area contributed by atoms with Gasteiger partial charge in [0.1, 0.15) is 0 Å². The molecular formula is C15H24N2O2. The zero-order chi connectivity index (χ0) is 14.7. The second kappa shape index (κ2) is 5.72. The molecule has 0 aliphatic heterocycles. The molecule has 1 atom stereocenters. The second-order valence-corrected chi connectivity index (χ2v) is 5.66. The van der Waals surface area contributed by atoms with Gasteiger partial charge in [0.2, 0.25) is 0 Å². The molecule has 0 bridgehead atoms. The van der Waals surface area contributed by atoms with Crippen molar-refractivity contribution < 1.29 is 9.90 Å². The minimum absolute atomic E-state index is 0.0884. The van der Waals surface area contributed by atoms with Crippen LogP contribution in [0.1, 0.15) is 32.8 Å². The maximum Gasteiger partial charge on any atom is 0.329 e. The predicted molar refractivity (Wildman–Crippen MR) is 76.9 cm³/mol. The van der Waals surface area contributed by atoms with Crippen molar-refractivity contribution in [2.45, 2.75) is 38.3 Å². The van der Waals surface area contributed by atoms with Crippen LogP contribution in [0.15, 0.2) is 30.3 Å². The SMILES string of the molecule is CCC(C)(C)N(C)CC(N)(C(=O)O)c1ccccc1. The number of likely N-dealkylation sites (N-methyl/N-ethyl adjacent to an activating group) is 1. The molecule has 0 heterocycles. The fourth-order valence-corrected chi connectivity index (χ4v) is 1.88. The summed E-state index contributed by atoms with van der Waals surface area (Å²) in [6.45, 7) is 6.52. The standard InChI is InChI=1S/C15H24N2O2/c1-5-14(2,3)17(4)11-15(16,13(18)19)12-9-7-6-8-10-12/h6-10H,5,11,16H2,1-4H3,(H,18,19). The topological polar surface area (TPSA) is 66.6 Å². The van der Waals surface area contributed by atoms with Gasteiger partial charge in [-0.1, -0.05) is 37.3 Å². The first-order chi connectivity index (χ1) is 8.74. The smallest absolute Gasteiger partial charge is 0.329 e. The lowest BCUT2D eigenvalue weighted by Gasteiger charge is -2.39. The van der Waals surface area contributed by atoms with Crippen LogP contribution >= 0.6 is 0 Å². The Morgan fingerprint density at radius 1 is 1.32 bits per heavy atom. The van der Waals surface area contributed by atoms with E-state index in [0.717, 1.165) is 6.42 Å². The van der Waals surface area contributed by atoms with E-state index in [-0.39, 0.29) is 12.1 Å². The fourth-order valence-electron chi connectivity index (χ4n) is 1.88. The summed E-state index contributed by atoms with van der Waals surface area (Å²) in [7, 11) is 1.91. The molecule has 1 unspecified atom stereocenters. The molecule has 3 N–H and O–H groups in total. The van der Waals surface area contributed by atoms with Crippen molar-refractivity contribution >= 4 is 5.97 Å². The van der Waals surface area contributed by atoms with E-state index in [1.807, 2.05) is 30.1 Å². The van der Waals surface area contributed by atoms with Gasteiger partial charge in [-0.05, 0) is 32.9 Å². The molecule has 19 heavy (non-hydrogen) atoms. The van der Waals surface area contributed by atoms with Crippen molar-refractivity contribution in [3.05, 3.63) is 35.9 Å². The molecule has 1 aromatic rings. The van der Waals surface area contributed by atoms with Gasteiger partial charge >= 0.3 is 5.97 Å². The molecule has 0 saturated carbocycles. The lowest BCUT2D eigenvalue weighted by Crippen LogP contribution is -2.56. The van der Waals surface area contributed by atoms with Crippen LogP contribution in [0.4, 0.5) is 0 Å². The Bertz CT molecular complexity index is 431.